The molecule has 3 heterocycles. The van der Waals surface area contributed by atoms with Crippen LogP contribution in [0.25, 0.3) is 0 Å². The van der Waals surface area contributed by atoms with Crippen molar-refractivity contribution in [2.45, 2.75) is 37.5 Å². The van der Waals surface area contributed by atoms with Crippen molar-refractivity contribution in [3.63, 3.8) is 0 Å². The van der Waals surface area contributed by atoms with E-state index in [0.717, 1.165) is 30.9 Å². The second kappa shape index (κ2) is 6.60. The molecule has 1 saturated heterocycles. The normalized spacial score (nSPS) is 24.9. The Labute approximate surface area is 172 Å². The third-order valence-electron chi connectivity index (χ3n) is 7.75. The first kappa shape index (κ1) is 17.5. The number of anilines is 1. The van der Waals surface area contributed by atoms with Crippen LogP contribution in [0, 0.1) is 5.92 Å². The van der Waals surface area contributed by atoms with E-state index in [0.29, 0.717) is 11.3 Å². The van der Waals surface area contributed by atoms with Gasteiger partial charge in [-0.25, -0.2) is 0 Å². The highest BCUT2D eigenvalue weighted by atomic mass is 16.5. The molecule has 1 atom stereocenters. The first-order valence-corrected chi connectivity index (χ1v) is 11.1. The van der Waals surface area contributed by atoms with E-state index >= 15 is 0 Å². The van der Waals surface area contributed by atoms with Gasteiger partial charge in [0.15, 0.2) is 6.61 Å². The molecule has 1 amide bonds. The fourth-order valence-electron chi connectivity index (χ4n) is 6.26. The Balaban J connectivity index is 1.16. The van der Waals surface area contributed by atoms with Crippen molar-refractivity contribution in [3.05, 3.63) is 59.2 Å². The van der Waals surface area contributed by atoms with Gasteiger partial charge in [-0.1, -0.05) is 36.4 Å². The van der Waals surface area contributed by atoms with Crippen LogP contribution in [0.3, 0.4) is 0 Å². The summed E-state index contributed by atoms with van der Waals surface area (Å²) in [5, 5.41) is 0. The number of rotatable bonds is 2. The Morgan fingerprint density at radius 2 is 1.83 bits per heavy atom. The van der Waals surface area contributed by atoms with Crippen LogP contribution in [-0.4, -0.2) is 43.6 Å². The molecule has 29 heavy (non-hydrogen) atoms. The summed E-state index contributed by atoms with van der Waals surface area (Å²) in [7, 11) is 0. The minimum atomic E-state index is 0.106. The molecule has 2 aromatic rings. The van der Waals surface area contributed by atoms with Crippen LogP contribution in [0.2, 0.25) is 0 Å². The highest BCUT2D eigenvalue weighted by Crippen LogP contribution is 2.46. The number of carbonyl (C=O) groups excluding carboxylic acids is 1. The van der Waals surface area contributed by atoms with Crippen LogP contribution in [0.4, 0.5) is 5.69 Å². The van der Waals surface area contributed by atoms with Crippen LogP contribution in [0.5, 0.6) is 5.75 Å². The van der Waals surface area contributed by atoms with Crippen LogP contribution < -0.4 is 9.64 Å². The van der Waals surface area contributed by atoms with E-state index in [1.807, 2.05) is 11.0 Å². The predicted molar refractivity (Wildman–Crippen MR) is 114 cm³/mol. The third kappa shape index (κ3) is 2.80. The summed E-state index contributed by atoms with van der Waals surface area (Å²) in [4.78, 5) is 17.1. The van der Waals surface area contributed by atoms with Gasteiger partial charge in [-0.2, -0.15) is 0 Å². The lowest BCUT2D eigenvalue weighted by Crippen LogP contribution is -2.49. The van der Waals surface area contributed by atoms with Crippen molar-refractivity contribution >= 4 is 11.6 Å². The zero-order valence-corrected chi connectivity index (χ0v) is 16.9. The molecule has 1 fully saturated rings. The summed E-state index contributed by atoms with van der Waals surface area (Å²) in [6, 6.07) is 15.3. The van der Waals surface area contributed by atoms with Crippen molar-refractivity contribution in [1.82, 2.24) is 4.90 Å². The van der Waals surface area contributed by atoms with Gasteiger partial charge in [0.05, 0.1) is 5.69 Å². The summed E-state index contributed by atoms with van der Waals surface area (Å²) in [5.41, 5.74) is 5.91. The zero-order valence-electron chi connectivity index (χ0n) is 16.9. The monoisotopic (exact) mass is 388 g/mol. The summed E-state index contributed by atoms with van der Waals surface area (Å²) >= 11 is 0. The van der Waals surface area contributed by atoms with E-state index in [1.54, 1.807) is 11.1 Å². The molecule has 1 spiro atoms. The second-order valence-corrected chi connectivity index (χ2v) is 9.37. The summed E-state index contributed by atoms with van der Waals surface area (Å²) in [5.74, 6) is 1.49. The lowest BCUT2D eigenvalue weighted by molar-refractivity contribution is -0.121. The number of piperidine rings is 1. The standard InChI is InChI=1S/C25H28N2O2/c28-23-17-29-22-7-3-5-20-14-18(16-27(23)24(20)22)15-26-12-10-25(11-13-26)9-8-19-4-1-2-6-21(19)25/h1-7,18H,8-17H2. The largest absolute Gasteiger partial charge is 0.482 e. The van der Waals surface area contributed by atoms with Crippen LogP contribution in [0.1, 0.15) is 36.0 Å². The van der Waals surface area contributed by atoms with E-state index in [4.69, 9.17) is 4.74 Å². The van der Waals surface area contributed by atoms with E-state index in [9.17, 15) is 4.79 Å². The molecule has 6 rings (SSSR count). The van der Waals surface area contributed by atoms with E-state index in [-0.39, 0.29) is 12.5 Å². The summed E-state index contributed by atoms with van der Waals surface area (Å²) in [6.45, 7) is 4.45. The lowest BCUT2D eigenvalue weighted by atomic mass is 9.73. The molecule has 0 N–H and O–H groups in total. The minimum Gasteiger partial charge on any atom is -0.482 e. The molecule has 3 aliphatic heterocycles. The molecule has 0 bridgehead atoms. The molecule has 2 aromatic carbocycles. The number of nitrogens with zero attached hydrogens (tertiary/aromatic N) is 2. The zero-order chi connectivity index (χ0) is 19.4. The fraction of sp³-hybridized carbons (Fsp3) is 0.480. The van der Waals surface area contributed by atoms with Gasteiger partial charge in [0.1, 0.15) is 5.75 Å². The van der Waals surface area contributed by atoms with Crippen molar-refractivity contribution < 1.29 is 9.53 Å². The topological polar surface area (TPSA) is 32.8 Å². The van der Waals surface area contributed by atoms with Gasteiger partial charge < -0.3 is 14.5 Å². The predicted octanol–water partition coefficient (Wildman–Crippen LogP) is 3.56. The van der Waals surface area contributed by atoms with Crippen molar-refractivity contribution in [1.29, 1.82) is 0 Å². The number of ether oxygens (including phenoxy) is 1. The Morgan fingerprint density at radius 1 is 1.00 bits per heavy atom. The van der Waals surface area contributed by atoms with Crippen molar-refractivity contribution in [2.75, 3.05) is 37.7 Å². The SMILES string of the molecule is O=C1COc2cccc3c2N1CC(CN1CCC2(CCc4ccccc42)CC1)C3. The van der Waals surface area contributed by atoms with E-state index in [2.05, 4.69) is 41.3 Å². The van der Waals surface area contributed by atoms with Gasteiger partial charge in [0.2, 0.25) is 0 Å². The van der Waals surface area contributed by atoms with Gasteiger partial charge in [-0.05, 0) is 79.3 Å². The molecule has 4 heteroatoms. The minimum absolute atomic E-state index is 0.106. The number of aryl methyl sites for hydroxylation is 1. The quantitative estimate of drug-likeness (QED) is 0.789. The second-order valence-electron chi connectivity index (χ2n) is 9.37. The van der Waals surface area contributed by atoms with Gasteiger partial charge in [-0.3, -0.25) is 4.79 Å². The molecular weight excluding hydrogens is 360 g/mol. The smallest absolute Gasteiger partial charge is 0.265 e. The van der Waals surface area contributed by atoms with Crippen LogP contribution in [0.15, 0.2) is 42.5 Å². The maximum absolute atomic E-state index is 12.5. The summed E-state index contributed by atoms with van der Waals surface area (Å²) < 4.78 is 5.65. The molecule has 0 saturated carbocycles. The lowest BCUT2D eigenvalue weighted by Gasteiger charge is -2.43. The maximum Gasteiger partial charge on any atom is 0.265 e. The van der Waals surface area contributed by atoms with Crippen molar-refractivity contribution in [3.8, 4) is 5.75 Å². The molecule has 0 radical (unpaired) electrons. The van der Waals surface area contributed by atoms with E-state index < -0.39 is 0 Å². The molecule has 4 aliphatic rings. The van der Waals surface area contributed by atoms with Crippen LogP contribution in [-0.2, 0) is 23.1 Å². The molecular formula is C25H28N2O2. The number of carbonyl (C=O) groups is 1. The number of benzene rings is 2. The maximum atomic E-state index is 12.5. The first-order chi connectivity index (χ1) is 14.2. The number of hydrogen-bond acceptors (Lipinski definition) is 3. The van der Waals surface area contributed by atoms with E-state index in [1.165, 1.54) is 44.3 Å². The van der Waals surface area contributed by atoms with Gasteiger partial charge in [-0.15, -0.1) is 0 Å². The summed E-state index contributed by atoms with van der Waals surface area (Å²) in [6.07, 6.45) is 6.15. The van der Waals surface area contributed by atoms with Crippen molar-refractivity contribution in [2.24, 2.45) is 5.92 Å². The first-order valence-electron chi connectivity index (χ1n) is 11.1. The number of amides is 1. The number of hydrogen-bond donors (Lipinski definition) is 0. The molecule has 4 nitrogen and oxygen atoms in total. The highest BCUT2D eigenvalue weighted by Gasteiger charge is 2.41. The average Bonchev–Trinajstić information content (AvgIpc) is 3.11. The molecule has 1 aliphatic carbocycles. The fourth-order valence-corrected chi connectivity index (χ4v) is 6.26. The molecule has 150 valence electrons. The molecule has 1 unspecified atom stereocenters. The van der Waals surface area contributed by atoms with Gasteiger partial charge >= 0.3 is 0 Å². The van der Waals surface area contributed by atoms with Gasteiger partial charge in [0.25, 0.3) is 5.91 Å². The molecule has 0 aromatic heterocycles. The third-order valence-corrected chi connectivity index (χ3v) is 7.75. The highest BCUT2D eigenvalue weighted by molar-refractivity contribution is 5.99. The number of likely N-dealkylation sites (tertiary alicyclic amines) is 1. The van der Waals surface area contributed by atoms with Crippen LogP contribution >= 0.6 is 0 Å². The number of fused-ring (bicyclic) bond motifs is 2. The Morgan fingerprint density at radius 3 is 2.72 bits per heavy atom. The average molecular weight is 389 g/mol. The Hall–Kier alpha value is -2.33. The van der Waals surface area contributed by atoms with Gasteiger partial charge in [0, 0.05) is 13.1 Å². The Bertz CT molecular complexity index is 961. The number of para-hydroxylation sites is 1. The Kier molecular flexibility index (Phi) is 3.98.